The van der Waals surface area contributed by atoms with Gasteiger partial charge < -0.3 is 7.65 Å². The van der Waals surface area contributed by atoms with Gasteiger partial charge in [0.1, 0.15) is 5.78 Å². The van der Waals surface area contributed by atoms with Crippen LogP contribution in [0, 0.1) is 0 Å². The standard InChI is InChI=1S/C4H8O.Ba.2H/c1-3-4(2)5;;;/h3H2,1-2H3;;;/q;+2;2*-1. The third kappa shape index (κ3) is 8.97. The topological polar surface area (TPSA) is 17.1 Å². The van der Waals surface area contributed by atoms with Crippen molar-refractivity contribution >= 4 is 54.7 Å². The zero-order chi connectivity index (χ0) is 4.28. The molecule has 0 amide bonds. The van der Waals surface area contributed by atoms with E-state index in [1.165, 1.54) is 0 Å². The van der Waals surface area contributed by atoms with Crippen molar-refractivity contribution in [2.24, 2.45) is 0 Å². The molecule has 0 aromatic rings. The van der Waals surface area contributed by atoms with Crippen molar-refractivity contribution in [1.82, 2.24) is 0 Å². The fraction of sp³-hybridized carbons (Fsp3) is 0.750. The second kappa shape index (κ2) is 6.24. The van der Waals surface area contributed by atoms with Gasteiger partial charge in [-0.1, -0.05) is 6.92 Å². The number of hydrogen-bond donors (Lipinski definition) is 0. The normalized spacial score (nSPS) is 6.33. The summed E-state index contributed by atoms with van der Waals surface area (Å²) in [6, 6.07) is 0. The molecule has 0 heterocycles. The molecule has 0 aliphatic rings. The fourth-order valence-electron chi connectivity index (χ4n) is 0. The molecule has 0 saturated carbocycles. The van der Waals surface area contributed by atoms with E-state index in [2.05, 4.69) is 0 Å². The Morgan fingerprint density at radius 1 is 1.83 bits per heavy atom. The van der Waals surface area contributed by atoms with Crippen molar-refractivity contribution < 1.29 is 7.65 Å². The van der Waals surface area contributed by atoms with Gasteiger partial charge in [-0.3, -0.25) is 0 Å². The van der Waals surface area contributed by atoms with E-state index in [1.54, 1.807) is 6.92 Å². The first-order valence-electron chi connectivity index (χ1n) is 1.76. The molecular weight excluding hydrogens is 201 g/mol. The third-order valence-corrected chi connectivity index (χ3v) is 0.498. The molecule has 0 aliphatic carbocycles. The smallest absolute Gasteiger partial charge is 1.00 e. The van der Waals surface area contributed by atoms with E-state index in [0.717, 1.165) is 0 Å². The Kier molecular flexibility index (Phi) is 10.7. The Morgan fingerprint density at radius 3 is 2.00 bits per heavy atom. The maximum absolute atomic E-state index is 9.81. The minimum atomic E-state index is 0. The molecule has 2 heteroatoms. The summed E-state index contributed by atoms with van der Waals surface area (Å²) in [5.41, 5.74) is 0. The summed E-state index contributed by atoms with van der Waals surface area (Å²) < 4.78 is 0. The van der Waals surface area contributed by atoms with Crippen molar-refractivity contribution in [2.75, 3.05) is 0 Å². The van der Waals surface area contributed by atoms with Crippen LogP contribution in [-0.2, 0) is 4.79 Å². The molecule has 0 fully saturated rings. The van der Waals surface area contributed by atoms with Crippen LogP contribution < -0.4 is 0 Å². The van der Waals surface area contributed by atoms with E-state index in [1.807, 2.05) is 6.92 Å². The maximum atomic E-state index is 9.81. The Labute approximate surface area is 81.5 Å². The SMILES string of the molecule is CCC(C)=O.[Ba+2].[H-].[H-]. The summed E-state index contributed by atoms with van der Waals surface area (Å²) >= 11 is 0. The van der Waals surface area contributed by atoms with Crippen molar-refractivity contribution in [2.45, 2.75) is 20.3 Å². The quantitative estimate of drug-likeness (QED) is 0.587. The minimum Gasteiger partial charge on any atom is -1.00 e. The van der Waals surface area contributed by atoms with E-state index in [0.29, 0.717) is 6.42 Å². The number of ketones is 1. The zero-order valence-corrected chi connectivity index (χ0v) is 8.76. The first-order chi connectivity index (χ1) is 2.27. The van der Waals surface area contributed by atoms with Gasteiger partial charge in [0, 0.05) is 6.42 Å². The van der Waals surface area contributed by atoms with Crippen molar-refractivity contribution in [1.29, 1.82) is 0 Å². The van der Waals surface area contributed by atoms with E-state index in [-0.39, 0.29) is 57.5 Å². The number of carbonyl (C=O) groups is 1. The molecular formula is C4H10BaO. The van der Waals surface area contributed by atoms with Crippen molar-refractivity contribution in [3.8, 4) is 0 Å². The molecule has 0 saturated heterocycles. The first kappa shape index (κ1) is 10.3. The molecule has 0 unspecified atom stereocenters. The van der Waals surface area contributed by atoms with Gasteiger partial charge in [-0.05, 0) is 6.92 Å². The molecule has 0 radical (unpaired) electrons. The summed E-state index contributed by atoms with van der Waals surface area (Å²) in [6.07, 6.45) is 0.667. The molecule has 0 atom stereocenters. The average molecular weight is 211 g/mol. The summed E-state index contributed by atoms with van der Waals surface area (Å²) in [6.45, 7) is 3.43. The van der Waals surface area contributed by atoms with Gasteiger partial charge in [-0.15, -0.1) is 0 Å². The van der Waals surface area contributed by atoms with E-state index in [4.69, 9.17) is 0 Å². The Balaban J connectivity index is -0.0000000267. The van der Waals surface area contributed by atoms with Crippen LogP contribution in [0.15, 0.2) is 0 Å². The molecule has 0 rings (SSSR count). The van der Waals surface area contributed by atoms with Crippen molar-refractivity contribution in [3.05, 3.63) is 0 Å². The number of hydrogen-bond acceptors (Lipinski definition) is 1. The monoisotopic (exact) mass is 212 g/mol. The van der Waals surface area contributed by atoms with Crippen LogP contribution in [0.3, 0.4) is 0 Å². The Morgan fingerprint density at radius 2 is 2.00 bits per heavy atom. The van der Waals surface area contributed by atoms with Gasteiger partial charge >= 0.3 is 48.9 Å². The van der Waals surface area contributed by atoms with Crippen LogP contribution in [0.25, 0.3) is 0 Å². The molecule has 0 aliphatic heterocycles. The first-order valence-corrected chi connectivity index (χ1v) is 1.76. The number of rotatable bonds is 1. The molecule has 0 N–H and O–H groups in total. The molecule has 6 heavy (non-hydrogen) atoms. The van der Waals surface area contributed by atoms with E-state index in [9.17, 15) is 4.79 Å². The van der Waals surface area contributed by atoms with Gasteiger partial charge in [-0.2, -0.15) is 0 Å². The second-order valence-corrected chi connectivity index (χ2v) is 1.06. The van der Waals surface area contributed by atoms with Crippen molar-refractivity contribution in [3.63, 3.8) is 0 Å². The van der Waals surface area contributed by atoms with E-state index < -0.39 is 0 Å². The predicted molar refractivity (Wildman–Crippen MR) is 28.9 cm³/mol. The van der Waals surface area contributed by atoms with Gasteiger partial charge in [0.15, 0.2) is 0 Å². The molecule has 0 aromatic heterocycles. The van der Waals surface area contributed by atoms with Gasteiger partial charge in [0.25, 0.3) is 0 Å². The molecule has 0 spiro atoms. The summed E-state index contributed by atoms with van der Waals surface area (Å²) in [5, 5.41) is 0. The molecule has 0 aromatic carbocycles. The average Bonchev–Trinajstić information content (AvgIpc) is 1.38. The molecule has 34 valence electrons. The third-order valence-electron chi connectivity index (χ3n) is 0.498. The number of Topliss-reactive ketones (excluding diaryl/α,β-unsaturated/α-hetero) is 1. The van der Waals surface area contributed by atoms with Crippen LogP contribution in [-0.4, -0.2) is 54.7 Å². The van der Waals surface area contributed by atoms with Gasteiger partial charge in [-0.25, -0.2) is 0 Å². The minimum absolute atomic E-state index is 0. The van der Waals surface area contributed by atoms with Gasteiger partial charge in [0.05, 0.1) is 0 Å². The summed E-state index contributed by atoms with van der Waals surface area (Å²) in [7, 11) is 0. The van der Waals surface area contributed by atoms with Gasteiger partial charge in [0.2, 0.25) is 0 Å². The fourth-order valence-corrected chi connectivity index (χ4v) is 0. The van der Waals surface area contributed by atoms with Crippen LogP contribution in [0.2, 0.25) is 0 Å². The van der Waals surface area contributed by atoms with Crippen LogP contribution in [0.1, 0.15) is 23.1 Å². The molecule has 0 bridgehead atoms. The Bertz CT molecular complexity index is 49.3. The van der Waals surface area contributed by atoms with E-state index >= 15 is 0 Å². The van der Waals surface area contributed by atoms with Crippen LogP contribution in [0.4, 0.5) is 0 Å². The summed E-state index contributed by atoms with van der Waals surface area (Å²) in [5.74, 6) is 0.255. The largest absolute Gasteiger partial charge is 2.00 e. The number of carbonyl (C=O) groups excluding carboxylic acids is 1. The second-order valence-electron chi connectivity index (χ2n) is 1.06. The molecule has 1 nitrogen and oxygen atoms in total. The zero-order valence-electron chi connectivity index (χ0n) is 6.32. The summed E-state index contributed by atoms with van der Waals surface area (Å²) in [4.78, 5) is 9.81. The Hall–Kier alpha value is 1.24. The van der Waals surface area contributed by atoms with Crippen LogP contribution >= 0.6 is 0 Å². The van der Waals surface area contributed by atoms with Crippen LogP contribution in [0.5, 0.6) is 0 Å². The predicted octanol–water partition coefficient (Wildman–Crippen LogP) is 0.830. The maximum Gasteiger partial charge on any atom is 2.00 e.